The number of carboxylic acid groups (broad SMARTS) is 1. The standard InChI is InChI=1S/C28H31NO11/c1-13(37-24(34)18(9-19(31)32)38-14(2)30)23(33)39-17-7-8-28(35)25-26(12-29(25)3)10-15-5-6-16(36-4)21-20(15)27(28,11-26)22(17)40-21/h5-7,13,18,22,25,35H,8-12H2,1-4H3,(H,31,32)/t13-,18-,22?,25+,26?,27?,28+/m0/s1. The number of carbonyl (C=O) groups is 4. The Morgan fingerprint density at radius 2 is 1.95 bits per heavy atom. The monoisotopic (exact) mass is 557 g/mol. The van der Waals surface area contributed by atoms with Gasteiger partial charge < -0.3 is 33.9 Å². The molecule has 7 atom stereocenters. The molecule has 2 spiro atoms. The van der Waals surface area contributed by atoms with Crippen LogP contribution in [0.3, 0.4) is 0 Å². The molecule has 2 bridgehead atoms. The van der Waals surface area contributed by atoms with Crippen molar-refractivity contribution >= 4 is 23.9 Å². The Morgan fingerprint density at radius 3 is 2.60 bits per heavy atom. The van der Waals surface area contributed by atoms with Crippen LogP contribution in [0.4, 0.5) is 0 Å². The zero-order valence-corrected chi connectivity index (χ0v) is 22.6. The highest BCUT2D eigenvalue weighted by Crippen LogP contribution is 2.75. The van der Waals surface area contributed by atoms with Gasteiger partial charge in [0.15, 0.2) is 23.7 Å². The molecule has 12 heteroatoms. The van der Waals surface area contributed by atoms with Crippen LogP contribution in [0.1, 0.15) is 44.2 Å². The third kappa shape index (κ3) is 3.38. The van der Waals surface area contributed by atoms with Crippen LogP contribution in [-0.2, 0) is 45.2 Å². The van der Waals surface area contributed by atoms with Gasteiger partial charge in [0.25, 0.3) is 0 Å². The number of benzene rings is 1. The topological polar surface area (TPSA) is 158 Å². The molecular formula is C28H31NO11. The van der Waals surface area contributed by atoms with Crippen molar-refractivity contribution in [1.29, 1.82) is 0 Å². The van der Waals surface area contributed by atoms with Crippen LogP contribution in [0.15, 0.2) is 24.0 Å². The van der Waals surface area contributed by atoms with Crippen molar-refractivity contribution in [2.24, 2.45) is 5.41 Å². The van der Waals surface area contributed by atoms with Crippen molar-refractivity contribution in [1.82, 2.24) is 4.90 Å². The fourth-order valence-corrected chi connectivity index (χ4v) is 8.18. The number of hydrogen-bond acceptors (Lipinski definition) is 11. The smallest absolute Gasteiger partial charge is 0.352 e. The third-order valence-electron chi connectivity index (χ3n) is 9.19. The number of esters is 3. The second kappa shape index (κ2) is 8.68. The second-order valence-electron chi connectivity index (χ2n) is 11.6. The minimum Gasteiger partial charge on any atom is -0.493 e. The van der Waals surface area contributed by atoms with E-state index < -0.39 is 59.6 Å². The molecular weight excluding hydrogens is 526 g/mol. The Morgan fingerprint density at radius 1 is 1.20 bits per heavy atom. The maximum atomic E-state index is 13.1. The first kappa shape index (κ1) is 26.6. The number of likely N-dealkylation sites (tertiary alicyclic amines) is 1. The average Bonchev–Trinajstić information content (AvgIpc) is 3.29. The number of carbonyl (C=O) groups excluding carboxylic acids is 3. The van der Waals surface area contributed by atoms with E-state index in [0.29, 0.717) is 17.9 Å². The largest absolute Gasteiger partial charge is 0.493 e. The lowest BCUT2D eigenvalue weighted by Gasteiger charge is -2.56. The third-order valence-corrected chi connectivity index (χ3v) is 9.19. The summed E-state index contributed by atoms with van der Waals surface area (Å²) < 4.78 is 27.7. The quantitative estimate of drug-likeness (QED) is 0.343. The number of methoxy groups -OCH3 is 1. The van der Waals surface area contributed by atoms with Crippen molar-refractivity contribution < 1.29 is 53.1 Å². The predicted molar refractivity (Wildman–Crippen MR) is 133 cm³/mol. The first-order chi connectivity index (χ1) is 18.9. The molecule has 2 heterocycles. The van der Waals surface area contributed by atoms with Gasteiger partial charge in [-0.1, -0.05) is 6.07 Å². The van der Waals surface area contributed by atoms with Crippen LogP contribution in [0.5, 0.6) is 11.5 Å². The van der Waals surface area contributed by atoms with E-state index in [1.54, 1.807) is 13.2 Å². The summed E-state index contributed by atoms with van der Waals surface area (Å²) in [6.45, 7) is 3.13. The molecule has 0 radical (unpaired) electrons. The van der Waals surface area contributed by atoms with Gasteiger partial charge in [-0.25, -0.2) is 9.59 Å². The molecule has 0 aromatic heterocycles. The molecule has 40 heavy (non-hydrogen) atoms. The lowest BCUT2D eigenvalue weighted by Crippen LogP contribution is -2.70. The number of hydrogen-bond donors (Lipinski definition) is 2. The van der Waals surface area contributed by atoms with E-state index in [0.717, 1.165) is 31.0 Å². The number of carboxylic acids is 1. The van der Waals surface area contributed by atoms with Crippen LogP contribution in [0.25, 0.3) is 0 Å². The van der Waals surface area contributed by atoms with E-state index in [-0.39, 0.29) is 23.6 Å². The Bertz CT molecular complexity index is 1360. The van der Waals surface area contributed by atoms with Gasteiger partial charge in [0, 0.05) is 36.9 Å². The number of fused-ring (bicyclic) bond motifs is 1. The van der Waals surface area contributed by atoms with Gasteiger partial charge in [-0.2, -0.15) is 0 Å². The molecule has 5 aliphatic rings. The van der Waals surface area contributed by atoms with Gasteiger partial charge in [-0.05, 0) is 44.5 Å². The Labute approximate surface area is 229 Å². The summed E-state index contributed by atoms with van der Waals surface area (Å²) >= 11 is 0. The minimum absolute atomic E-state index is 0.101. The zero-order chi connectivity index (χ0) is 28.8. The maximum absolute atomic E-state index is 13.1. The van der Waals surface area contributed by atoms with Gasteiger partial charge >= 0.3 is 23.9 Å². The van der Waals surface area contributed by atoms with Crippen molar-refractivity contribution in [3.63, 3.8) is 0 Å². The summed E-state index contributed by atoms with van der Waals surface area (Å²) in [5.41, 5.74) is -0.197. The van der Waals surface area contributed by atoms with Crippen molar-refractivity contribution in [3.05, 3.63) is 35.1 Å². The number of rotatable bonds is 8. The molecule has 1 saturated carbocycles. The molecule has 2 fully saturated rings. The molecule has 214 valence electrons. The number of ether oxygens (including phenoxy) is 5. The molecule has 6 rings (SSSR count). The number of aliphatic carboxylic acids is 1. The SMILES string of the molecule is COc1ccc2c3c1OC1C(OC(=O)[C@H](C)OC(=O)[C@H](CC(=O)O)OC(C)=O)=CC[C@@]4(O)[C@@H]5N(C)CC5(C2)CC314. The van der Waals surface area contributed by atoms with Crippen LogP contribution in [0, 0.1) is 5.41 Å². The highest BCUT2D eigenvalue weighted by molar-refractivity contribution is 5.86. The Kier molecular flexibility index (Phi) is 5.77. The fraction of sp³-hybridized carbons (Fsp3) is 0.571. The van der Waals surface area contributed by atoms with Gasteiger partial charge in [-0.3, -0.25) is 14.5 Å². The molecule has 1 aromatic rings. The molecule has 3 unspecified atom stereocenters. The predicted octanol–water partition coefficient (Wildman–Crippen LogP) is 0.854. The van der Waals surface area contributed by atoms with Gasteiger partial charge in [0.1, 0.15) is 5.76 Å². The van der Waals surface area contributed by atoms with E-state index in [4.69, 9.17) is 28.8 Å². The number of likely N-dealkylation sites (N-methyl/N-ethyl adjacent to an activating group) is 1. The van der Waals surface area contributed by atoms with Crippen LogP contribution < -0.4 is 9.47 Å². The van der Waals surface area contributed by atoms with Gasteiger partial charge in [0.05, 0.1) is 24.5 Å². The lowest BCUT2D eigenvalue weighted by atomic mass is 9.59. The van der Waals surface area contributed by atoms with E-state index in [1.165, 1.54) is 6.92 Å². The summed E-state index contributed by atoms with van der Waals surface area (Å²) in [7, 11) is 3.55. The van der Waals surface area contributed by atoms with Crippen molar-refractivity contribution in [2.45, 2.75) is 74.9 Å². The zero-order valence-electron chi connectivity index (χ0n) is 22.6. The maximum Gasteiger partial charge on any atom is 0.352 e. The first-order valence-electron chi connectivity index (χ1n) is 13.2. The summed E-state index contributed by atoms with van der Waals surface area (Å²) in [5, 5.41) is 21.5. The number of aliphatic hydroxyl groups is 1. The van der Waals surface area contributed by atoms with E-state index in [9.17, 15) is 24.3 Å². The summed E-state index contributed by atoms with van der Waals surface area (Å²) in [4.78, 5) is 50.2. The average molecular weight is 558 g/mol. The first-order valence-corrected chi connectivity index (χ1v) is 13.2. The van der Waals surface area contributed by atoms with Crippen LogP contribution >= 0.6 is 0 Å². The summed E-state index contributed by atoms with van der Waals surface area (Å²) in [5.74, 6) is -3.10. The van der Waals surface area contributed by atoms with Crippen LogP contribution in [-0.4, -0.2) is 89.6 Å². The molecule has 2 aliphatic heterocycles. The summed E-state index contributed by atoms with van der Waals surface area (Å²) in [6.07, 6.45) is -1.45. The molecule has 12 nitrogen and oxygen atoms in total. The Hall–Kier alpha value is -3.64. The van der Waals surface area contributed by atoms with Crippen LogP contribution in [0.2, 0.25) is 0 Å². The van der Waals surface area contributed by atoms with Crippen molar-refractivity contribution in [3.8, 4) is 11.5 Å². The molecule has 1 aromatic carbocycles. The number of nitrogens with zero attached hydrogens (tertiary/aromatic N) is 1. The fourth-order valence-electron chi connectivity index (χ4n) is 8.18. The molecule has 2 N–H and O–H groups in total. The second-order valence-corrected chi connectivity index (χ2v) is 11.6. The van der Waals surface area contributed by atoms with Crippen molar-refractivity contribution in [2.75, 3.05) is 20.7 Å². The molecule has 1 saturated heterocycles. The van der Waals surface area contributed by atoms with Gasteiger partial charge in [-0.15, -0.1) is 0 Å². The normalized spacial score (nSPS) is 33.7. The van der Waals surface area contributed by atoms with Gasteiger partial charge in [0.2, 0.25) is 6.10 Å². The molecule has 3 aliphatic carbocycles. The van der Waals surface area contributed by atoms with E-state index in [1.807, 2.05) is 19.2 Å². The lowest BCUT2D eigenvalue weighted by molar-refractivity contribution is -0.178. The Balaban J connectivity index is 1.29. The van der Waals surface area contributed by atoms with E-state index >= 15 is 0 Å². The van der Waals surface area contributed by atoms with E-state index in [2.05, 4.69) is 4.90 Å². The highest BCUT2D eigenvalue weighted by atomic mass is 16.6. The highest BCUT2D eigenvalue weighted by Gasteiger charge is 2.82. The summed E-state index contributed by atoms with van der Waals surface area (Å²) in [6, 6.07) is 3.78. The minimum atomic E-state index is -1.71. The molecule has 0 amide bonds.